The Hall–Kier alpha value is -1.26. The molecule has 0 saturated heterocycles. The molecular weight excluding hydrogens is 278 g/mol. The van der Waals surface area contributed by atoms with Gasteiger partial charge in [0.1, 0.15) is 0 Å². The van der Waals surface area contributed by atoms with E-state index in [1.807, 2.05) is 11.8 Å². The van der Waals surface area contributed by atoms with Crippen molar-refractivity contribution in [2.45, 2.75) is 45.2 Å². The topological polar surface area (TPSA) is 29.9 Å². The molecule has 0 fully saturated rings. The lowest BCUT2D eigenvalue weighted by atomic mass is 10.1. The summed E-state index contributed by atoms with van der Waals surface area (Å²) >= 11 is 1.88. The molecule has 1 aromatic carbocycles. The molecule has 0 aliphatic rings. The van der Waals surface area contributed by atoms with Crippen molar-refractivity contribution >= 4 is 11.8 Å². The first-order chi connectivity index (χ1) is 10.1. The van der Waals surface area contributed by atoms with E-state index in [0.29, 0.717) is 6.04 Å². The van der Waals surface area contributed by atoms with E-state index in [2.05, 4.69) is 68.0 Å². The highest BCUT2D eigenvalue weighted by molar-refractivity contribution is 7.99. The van der Waals surface area contributed by atoms with Crippen LogP contribution in [0.25, 0.3) is 0 Å². The van der Waals surface area contributed by atoms with Crippen LogP contribution >= 0.6 is 11.8 Å². The van der Waals surface area contributed by atoms with Crippen LogP contribution in [-0.2, 0) is 6.54 Å². The minimum atomic E-state index is 0.366. The second-order valence-corrected chi connectivity index (χ2v) is 6.42. The molecule has 0 aliphatic carbocycles. The second-order valence-electron chi connectivity index (χ2n) is 5.25. The SMILES string of the molecule is CCNC(C)c1c(C)nn(CCSc2ccccc2)c1C. The molecule has 2 aromatic rings. The lowest BCUT2D eigenvalue weighted by Gasteiger charge is -2.13. The summed E-state index contributed by atoms with van der Waals surface area (Å²) in [5.41, 5.74) is 3.78. The Morgan fingerprint density at radius 3 is 2.62 bits per heavy atom. The fraction of sp³-hybridized carbons (Fsp3) is 0.471. The van der Waals surface area contributed by atoms with Gasteiger partial charge in [-0.2, -0.15) is 5.10 Å². The summed E-state index contributed by atoms with van der Waals surface area (Å²) in [5, 5.41) is 8.19. The standard InChI is InChI=1S/C17H25N3S/c1-5-18-13(2)17-14(3)19-20(15(17)4)11-12-21-16-9-7-6-8-10-16/h6-10,13,18H,5,11-12H2,1-4H3. The minimum absolute atomic E-state index is 0.366. The molecule has 3 nitrogen and oxygen atoms in total. The molecule has 1 heterocycles. The number of thioether (sulfide) groups is 1. The summed E-state index contributed by atoms with van der Waals surface area (Å²) in [5.74, 6) is 1.04. The van der Waals surface area contributed by atoms with Crippen molar-refractivity contribution in [3.63, 3.8) is 0 Å². The Kier molecular flexibility index (Phi) is 5.88. The number of aromatic nitrogens is 2. The van der Waals surface area contributed by atoms with Gasteiger partial charge in [-0.15, -0.1) is 11.8 Å². The van der Waals surface area contributed by atoms with Gasteiger partial charge >= 0.3 is 0 Å². The van der Waals surface area contributed by atoms with Gasteiger partial charge in [0.05, 0.1) is 12.2 Å². The van der Waals surface area contributed by atoms with Gasteiger partial charge in [-0.1, -0.05) is 25.1 Å². The van der Waals surface area contributed by atoms with Crippen LogP contribution in [0, 0.1) is 13.8 Å². The van der Waals surface area contributed by atoms with E-state index >= 15 is 0 Å². The Balaban J connectivity index is 1.99. The molecule has 1 N–H and O–H groups in total. The molecule has 21 heavy (non-hydrogen) atoms. The van der Waals surface area contributed by atoms with Crippen molar-refractivity contribution in [3.05, 3.63) is 47.3 Å². The normalized spacial score (nSPS) is 12.6. The van der Waals surface area contributed by atoms with E-state index in [0.717, 1.165) is 24.5 Å². The fourth-order valence-electron chi connectivity index (χ4n) is 2.73. The second kappa shape index (κ2) is 7.66. The summed E-state index contributed by atoms with van der Waals surface area (Å²) < 4.78 is 2.15. The van der Waals surface area contributed by atoms with Crippen molar-refractivity contribution in [1.82, 2.24) is 15.1 Å². The predicted octanol–water partition coefficient (Wildman–Crippen LogP) is 3.96. The van der Waals surface area contributed by atoms with Crippen LogP contribution in [0.2, 0.25) is 0 Å². The number of hydrogen-bond donors (Lipinski definition) is 1. The minimum Gasteiger partial charge on any atom is -0.310 e. The first-order valence-electron chi connectivity index (χ1n) is 7.58. The zero-order valence-corrected chi connectivity index (χ0v) is 14.2. The first kappa shape index (κ1) is 16.1. The molecule has 0 spiro atoms. The maximum atomic E-state index is 4.71. The third-order valence-corrected chi connectivity index (χ3v) is 4.69. The summed E-state index contributed by atoms with van der Waals surface area (Å²) in [6.45, 7) is 10.6. The van der Waals surface area contributed by atoms with Gasteiger partial charge in [0.2, 0.25) is 0 Å². The van der Waals surface area contributed by atoms with E-state index in [-0.39, 0.29) is 0 Å². The molecule has 1 aromatic heterocycles. The van der Waals surface area contributed by atoms with Gasteiger partial charge in [0.25, 0.3) is 0 Å². The molecule has 0 amide bonds. The number of nitrogens with zero attached hydrogens (tertiary/aromatic N) is 2. The maximum absolute atomic E-state index is 4.71. The molecule has 114 valence electrons. The third kappa shape index (κ3) is 4.11. The van der Waals surface area contributed by atoms with Crippen LogP contribution in [0.4, 0.5) is 0 Å². The highest BCUT2D eigenvalue weighted by atomic mass is 32.2. The predicted molar refractivity (Wildman–Crippen MR) is 91.0 cm³/mol. The van der Waals surface area contributed by atoms with Crippen molar-refractivity contribution < 1.29 is 0 Å². The number of benzene rings is 1. The fourth-order valence-corrected chi connectivity index (χ4v) is 3.58. The Morgan fingerprint density at radius 1 is 1.24 bits per heavy atom. The molecule has 0 aliphatic heterocycles. The van der Waals surface area contributed by atoms with Crippen LogP contribution in [0.5, 0.6) is 0 Å². The molecule has 4 heteroatoms. The van der Waals surface area contributed by atoms with Crippen LogP contribution in [0.1, 0.15) is 36.8 Å². The summed E-state index contributed by atoms with van der Waals surface area (Å²) in [4.78, 5) is 1.32. The summed E-state index contributed by atoms with van der Waals surface area (Å²) in [6.07, 6.45) is 0. The Bertz CT molecular complexity index is 563. The zero-order valence-electron chi connectivity index (χ0n) is 13.4. The number of hydrogen-bond acceptors (Lipinski definition) is 3. The smallest absolute Gasteiger partial charge is 0.0644 e. The molecule has 1 unspecified atom stereocenters. The largest absolute Gasteiger partial charge is 0.310 e. The number of rotatable bonds is 7. The molecule has 1 atom stereocenters. The van der Waals surface area contributed by atoms with Crippen molar-refractivity contribution in [1.29, 1.82) is 0 Å². The molecule has 0 bridgehead atoms. The van der Waals surface area contributed by atoms with Crippen molar-refractivity contribution in [3.8, 4) is 0 Å². The van der Waals surface area contributed by atoms with Gasteiger partial charge in [0, 0.05) is 27.9 Å². The maximum Gasteiger partial charge on any atom is 0.0644 e. The van der Waals surface area contributed by atoms with Gasteiger partial charge in [-0.3, -0.25) is 4.68 Å². The lowest BCUT2D eigenvalue weighted by molar-refractivity contribution is 0.588. The monoisotopic (exact) mass is 303 g/mol. The highest BCUT2D eigenvalue weighted by Crippen LogP contribution is 2.22. The molecule has 2 rings (SSSR count). The van der Waals surface area contributed by atoms with E-state index in [9.17, 15) is 0 Å². The number of aryl methyl sites for hydroxylation is 2. The van der Waals surface area contributed by atoms with Gasteiger partial charge in [-0.05, 0) is 39.4 Å². The quantitative estimate of drug-likeness (QED) is 0.785. The average Bonchev–Trinajstić information content (AvgIpc) is 2.75. The Labute approximate surface area is 132 Å². The Morgan fingerprint density at radius 2 is 1.95 bits per heavy atom. The number of nitrogens with one attached hydrogen (secondary N) is 1. The average molecular weight is 303 g/mol. The molecule has 0 saturated carbocycles. The van der Waals surface area contributed by atoms with Gasteiger partial charge < -0.3 is 5.32 Å². The molecule has 0 radical (unpaired) electrons. The first-order valence-corrected chi connectivity index (χ1v) is 8.57. The van der Waals surface area contributed by atoms with E-state index in [1.54, 1.807) is 0 Å². The van der Waals surface area contributed by atoms with E-state index in [1.165, 1.54) is 16.2 Å². The molecular formula is C17H25N3S. The zero-order chi connectivity index (χ0) is 15.2. The van der Waals surface area contributed by atoms with Crippen LogP contribution in [0.15, 0.2) is 35.2 Å². The summed E-state index contributed by atoms with van der Waals surface area (Å²) in [7, 11) is 0. The third-order valence-electron chi connectivity index (χ3n) is 3.70. The van der Waals surface area contributed by atoms with E-state index < -0.39 is 0 Å². The van der Waals surface area contributed by atoms with Crippen molar-refractivity contribution in [2.24, 2.45) is 0 Å². The van der Waals surface area contributed by atoms with Crippen LogP contribution in [-0.4, -0.2) is 22.1 Å². The van der Waals surface area contributed by atoms with Crippen LogP contribution < -0.4 is 5.32 Å². The summed E-state index contributed by atoms with van der Waals surface area (Å²) in [6, 6.07) is 10.9. The van der Waals surface area contributed by atoms with E-state index in [4.69, 9.17) is 5.10 Å². The van der Waals surface area contributed by atoms with Crippen LogP contribution in [0.3, 0.4) is 0 Å². The van der Waals surface area contributed by atoms with Gasteiger partial charge in [-0.25, -0.2) is 0 Å². The highest BCUT2D eigenvalue weighted by Gasteiger charge is 2.16. The van der Waals surface area contributed by atoms with Gasteiger partial charge in [0.15, 0.2) is 0 Å². The van der Waals surface area contributed by atoms with Crippen molar-refractivity contribution in [2.75, 3.05) is 12.3 Å². The lowest BCUT2D eigenvalue weighted by Crippen LogP contribution is -2.19.